The standard InChI is InChI=1S/C19H27N3O/c23-19-20-17-8-4-5-9-18(17)22(19)16-10-12-21(13-11-16)14-15-6-2-1-3-7-15/h4-5,8-9,15-16H,1-3,6-7,10-14H2,(H,20,23). The fraction of sp³-hybridized carbons (Fsp3) is 0.632. The molecule has 1 aliphatic carbocycles. The number of aromatic amines is 1. The summed E-state index contributed by atoms with van der Waals surface area (Å²) in [7, 11) is 0. The van der Waals surface area contributed by atoms with E-state index in [4.69, 9.17) is 0 Å². The average Bonchev–Trinajstić information content (AvgIpc) is 2.92. The Kier molecular flexibility index (Phi) is 4.25. The summed E-state index contributed by atoms with van der Waals surface area (Å²) < 4.78 is 1.99. The molecule has 1 saturated heterocycles. The normalized spacial score (nSPS) is 21.9. The summed E-state index contributed by atoms with van der Waals surface area (Å²) in [6, 6.07) is 8.40. The van der Waals surface area contributed by atoms with Gasteiger partial charge in [-0.2, -0.15) is 0 Å². The minimum Gasteiger partial charge on any atom is -0.306 e. The Morgan fingerprint density at radius 2 is 1.74 bits per heavy atom. The number of aromatic nitrogens is 2. The Labute approximate surface area is 137 Å². The molecule has 2 aliphatic rings. The highest BCUT2D eigenvalue weighted by molar-refractivity contribution is 5.75. The fourth-order valence-electron chi connectivity index (χ4n) is 4.53. The SMILES string of the molecule is O=c1[nH]c2ccccc2n1C1CCN(CC2CCCCC2)CC1. The van der Waals surface area contributed by atoms with Gasteiger partial charge in [-0.05, 0) is 43.7 Å². The molecule has 1 aliphatic heterocycles. The predicted molar refractivity (Wildman–Crippen MR) is 93.8 cm³/mol. The molecular weight excluding hydrogens is 286 g/mol. The van der Waals surface area contributed by atoms with Crippen LogP contribution < -0.4 is 5.69 Å². The molecule has 0 bridgehead atoms. The zero-order valence-electron chi connectivity index (χ0n) is 13.8. The van der Waals surface area contributed by atoms with Crippen molar-refractivity contribution in [1.82, 2.24) is 14.5 Å². The van der Waals surface area contributed by atoms with Gasteiger partial charge in [0.25, 0.3) is 0 Å². The zero-order chi connectivity index (χ0) is 15.6. The van der Waals surface area contributed by atoms with Crippen LogP contribution in [0.3, 0.4) is 0 Å². The second-order valence-electron chi connectivity index (χ2n) is 7.35. The topological polar surface area (TPSA) is 41.0 Å². The van der Waals surface area contributed by atoms with Crippen LogP contribution in [0.5, 0.6) is 0 Å². The van der Waals surface area contributed by atoms with Gasteiger partial charge in [-0.1, -0.05) is 31.4 Å². The lowest BCUT2D eigenvalue weighted by Crippen LogP contribution is -2.39. The number of likely N-dealkylation sites (tertiary alicyclic amines) is 1. The molecule has 4 nitrogen and oxygen atoms in total. The molecule has 1 aromatic heterocycles. The summed E-state index contributed by atoms with van der Waals surface area (Å²) in [6.45, 7) is 3.54. The van der Waals surface area contributed by atoms with Crippen LogP contribution in [0.2, 0.25) is 0 Å². The number of rotatable bonds is 3. The number of benzene rings is 1. The van der Waals surface area contributed by atoms with E-state index in [1.54, 1.807) is 0 Å². The van der Waals surface area contributed by atoms with Crippen LogP contribution in [-0.2, 0) is 0 Å². The maximum atomic E-state index is 12.3. The maximum Gasteiger partial charge on any atom is 0.326 e. The molecule has 0 amide bonds. The van der Waals surface area contributed by atoms with E-state index in [2.05, 4.69) is 16.0 Å². The summed E-state index contributed by atoms with van der Waals surface area (Å²) in [6.07, 6.45) is 9.30. The van der Waals surface area contributed by atoms with Crippen molar-refractivity contribution >= 4 is 11.0 Å². The van der Waals surface area contributed by atoms with Crippen LogP contribution in [0.15, 0.2) is 29.1 Å². The smallest absolute Gasteiger partial charge is 0.306 e. The quantitative estimate of drug-likeness (QED) is 0.941. The number of hydrogen-bond acceptors (Lipinski definition) is 2. The molecule has 2 fully saturated rings. The third kappa shape index (κ3) is 3.09. The molecule has 23 heavy (non-hydrogen) atoms. The molecule has 1 saturated carbocycles. The van der Waals surface area contributed by atoms with Gasteiger partial charge in [0.15, 0.2) is 0 Å². The lowest BCUT2D eigenvalue weighted by atomic mass is 9.88. The largest absolute Gasteiger partial charge is 0.326 e. The van der Waals surface area contributed by atoms with Gasteiger partial charge in [-0.25, -0.2) is 4.79 Å². The van der Waals surface area contributed by atoms with E-state index in [-0.39, 0.29) is 5.69 Å². The number of fused-ring (bicyclic) bond motifs is 1. The minimum atomic E-state index is 0.0527. The first-order valence-electron chi connectivity index (χ1n) is 9.23. The average molecular weight is 313 g/mol. The number of hydrogen-bond donors (Lipinski definition) is 1. The van der Waals surface area contributed by atoms with Crippen molar-refractivity contribution in [3.05, 3.63) is 34.7 Å². The zero-order valence-corrected chi connectivity index (χ0v) is 13.8. The molecule has 4 rings (SSSR count). The van der Waals surface area contributed by atoms with Gasteiger partial charge in [0, 0.05) is 25.7 Å². The summed E-state index contributed by atoms with van der Waals surface area (Å²) in [5, 5.41) is 0. The van der Waals surface area contributed by atoms with Crippen LogP contribution in [0.4, 0.5) is 0 Å². The number of imidazole rings is 1. The van der Waals surface area contributed by atoms with Gasteiger partial charge in [-0.3, -0.25) is 4.57 Å². The molecule has 2 aromatic rings. The Morgan fingerprint density at radius 1 is 1.00 bits per heavy atom. The molecule has 1 N–H and O–H groups in total. The highest BCUT2D eigenvalue weighted by atomic mass is 16.1. The van der Waals surface area contributed by atoms with Crippen LogP contribution in [-0.4, -0.2) is 34.1 Å². The van der Waals surface area contributed by atoms with Gasteiger partial charge >= 0.3 is 5.69 Å². The lowest BCUT2D eigenvalue weighted by molar-refractivity contribution is 0.148. The highest BCUT2D eigenvalue weighted by Gasteiger charge is 2.25. The summed E-state index contributed by atoms with van der Waals surface area (Å²) in [5.41, 5.74) is 2.07. The molecule has 2 heterocycles. The van der Waals surface area contributed by atoms with Gasteiger partial charge < -0.3 is 9.88 Å². The second kappa shape index (κ2) is 6.52. The van der Waals surface area contributed by atoms with Crippen LogP contribution in [0.25, 0.3) is 11.0 Å². The number of piperidine rings is 1. The number of para-hydroxylation sites is 2. The molecule has 124 valence electrons. The predicted octanol–water partition coefficient (Wildman–Crippen LogP) is 3.55. The summed E-state index contributed by atoms with van der Waals surface area (Å²) in [4.78, 5) is 18.0. The minimum absolute atomic E-state index is 0.0527. The van der Waals surface area contributed by atoms with Gasteiger partial charge in [0.2, 0.25) is 0 Å². The fourth-order valence-corrected chi connectivity index (χ4v) is 4.53. The first kappa shape index (κ1) is 15.0. The Balaban J connectivity index is 1.42. The molecule has 0 radical (unpaired) electrons. The van der Waals surface area contributed by atoms with Crippen molar-refractivity contribution in [2.45, 2.75) is 51.0 Å². The number of H-pyrrole nitrogens is 1. The Bertz CT molecular complexity index is 703. The van der Waals surface area contributed by atoms with Crippen molar-refractivity contribution in [2.24, 2.45) is 5.92 Å². The van der Waals surface area contributed by atoms with Gasteiger partial charge in [-0.15, -0.1) is 0 Å². The van der Waals surface area contributed by atoms with E-state index < -0.39 is 0 Å². The van der Waals surface area contributed by atoms with Crippen molar-refractivity contribution in [2.75, 3.05) is 19.6 Å². The number of nitrogens with zero attached hydrogens (tertiary/aromatic N) is 2. The van der Waals surface area contributed by atoms with Crippen molar-refractivity contribution in [3.63, 3.8) is 0 Å². The van der Waals surface area contributed by atoms with E-state index >= 15 is 0 Å². The third-order valence-electron chi connectivity index (χ3n) is 5.79. The third-order valence-corrected chi connectivity index (χ3v) is 5.79. The lowest BCUT2D eigenvalue weighted by Gasteiger charge is -2.35. The number of nitrogens with one attached hydrogen (secondary N) is 1. The van der Waals surface area contributed by atoms with E-state index in [0.29, 0.717) is 6.04 Å². The van der Waals surface area contributed by atoms with Crippen LogP contribution in [0.1, 0.15) is 51.0 Å². The second-order valence-corrected chi connectivity index (χ2v) is 7.35. The van der Waals surface area contributed by atoms with Crippen LogP contribution >= 0.6 is 0 Å². The molecule has 0 atom stereocenters. The Hall–Kier alpha value is -1.55. The monoisotopic (exact) mass is 313 g/mol. The van der Waals surface area contributed by atoms with Crippen molar-refractivity contribution in [3.8, 4) is 0 Å². The molecule has 4 heteroatoms. The maximum absolute atomic E-state index is 12.3. The van der Waals surface area contributed by atoms with E-state index in [1.165, 1.54) is 38.6 Å². The van der Waals surface area contributed by atoms with E-state index in [0.717, 1.165) is 42.9 Å². The van der Waals surface area contributed by atoms with Crippen LogP contribution in [0, 0.1) is 5.92 Å². The molecule has 0 spiro atoms. The summed E-state index contributed by atoms with van der Waals surface area (Å²) >= 11 is 0. The molecule has 1 aromatic carbocycles. The first-order valence-corrected chi connectivity index (χ1v) is 9.23. The van der Waals surface area contributed by atoms with E-state index in [1.807, 2.05) is 22.8 Å². The molecule has 0 unspecified atom stereocenters. The van der Waals surface area contributed by atoms with Crippen molar-refractivity contribution < 1.29 is 0 Å². The highest BCUT2D eigenvalue weighted by Crippen LogP contribution is 2.28. The van der Waals surface area contributed by atoms with Gasteiger partial charge in [0.05, 0.1) is 11.0 Å². The van der Waals surface area contributed by atoms with Crippen molar-refractivity contribution in [1.29, 1.82) is 0 Å². The molecular formula is C19H27N3O. The Morgan fingerprint density at radius 3 is 2.52 bits per heavy atom. The first-order chi connectivity index (χ1) is 11.3. The van der Waals surface area contributed by atoms with E-state index in [9.17, 15) is 4.79 Å². The summed E-state index contributed by atoms with van der Waals surface area (Å²) in [5.74, 6) is 0.913. The van der Waals surface area contributed by atoms with Gasteiger partial charge in [0.1, 0.15) is 0 Å².